The predicted octanol–water partition coefficient (Wildman–Crippen LogP) is 4.75. The second kappa shape index (κ2) is 5.53. The Morgan fingerprint density at radius 2 is 0.893 bits per heavy atom. The Morgan fingerprint density at radius 3 is 1.11 bits per heavy atom. The van der Waals surface area contributed by atoms with Gasteiger partial charge in [0, 0.05) is 0 Å². The third-order valence-corrected chi connectivity index (χ3v) is 3.45. The Morgan fingerprint density at radius 1 is 0.607 bits per heavy atom. The van der Waals surface area contributed by atoms with Crippen LogP contribution < -0.4 is 0 Å². The van der Waals surface area contributed by atoms with Gasteiger partial charge in [0.1, 0.15) is 0 Å². The molecule has 1 heterocycles. The van der Waals surface area contributed by atoms with Crippen molar-refractivity contribution in [1.82, 2.24) is 4.90 Å². The number of hydrogen-bond donors (Lipinski definition) is 0. The molecular weight excluding hydrogens is 461 g/mol. The van der Waals surface area contributed by atoms with E-state index < -0.39 is 58.7 Å². The number of alkyl halides is 16. The Bertz CT molecular complexity index is 634. The number of rotatable bonds is 3. The maximum Gasteiger partial charge on any atom is 0.443 e. The monoisotopic (exact) mass is 461 g/mol. The van der Waals surface area contributed by atoms with E-state index in [1.807, 2.05) is 0 Å². The van der Waals surface area contributed by atoms with Crippen LogP contribution in [0.15, 0.2) is 0 Å². The number of halogens is 17. The first-order chi connectivity index (χ1) is 11.8. The van der Waals surface area contributed by atoms with Gasteiger partial charge in [0.15, 0.2) is 0 Å². The van der Waals surface area contributed by atoms with Crippen LogP contribution in [0.1, 0.15) is 0 Å². The number of carbonyl (C=O) groups excluding carboxylic acids is 1. The minimum Gasteiger partial charge on any atom is -0.254 e. The van der Waals surface area contributed by atoms with Crippen LogP contribution in [-0.4, -0.2) is 58.7 Å². The van der Waals surface area contributed by atoms with Gasteiger partial charge in [-0.15, -0.1) is 4.90 Å². The molecule has 1 atom stereocenters. The molecular formula is C9F17NO. The van der Waals surface area contributed by atoms with Crippen LogP contribution >= 0.6 is 0 Å². The molecule has 0 amide bonds. The van der Waals surface area contributed by atoms with Gasteiger partial charge < -0.3 is 0 Å². The summed E-state index contributed by atoms with van der Waals surface area (Å²) < 4.78 is 221. The summed E-state index contributed by atoms with van der Waals surface area (Å²) in [5.41, 5.74) is 0. The molecule has 0 spiro atoms. The number of likely N-dealkylation sites (tertiary alicyclic amines) is 1. The van der Waals surface area contributed by atoms with Gasteiger partial charge >= 0.3 is 53.8 Å². The maximum absolute atomic E-state index is 13.9. The summed E-state index contributed by atoms with van der Waals surface area (Å²) in [6, 6.07) is -21.4. The molecule has 166 valence electrons. The Labute approximate surface area is 139 Å². The Kier molecular flexibility index (Phi) is 4.83. The van der Waals surface area contributed by atoms with E-state index in [4.69, 9.17) is 0 Å². The van der Waals surface area contributed by atoms with Gasteiger partial charge in [0.2, 0.25) is 0 Å². The molecule has 1 unspecified atom stereocenters. The molecule has 1 rings (SSSR count). The van der Waals surface area contributed by atoms with Gasteiger partial charge in [0.05, 0.1) is 0 Å². The summed E-state index contributed by atoms with van der Waals surface area (Å²) in [5.74, 6) is -40.2. The van der Waals surface area contributed by atoms with Crippen molar-refractivity contribution in [3.05, 3.63) is 0 Å². The van der Waals surface area contributed by atoms with Crippen molar-refractivity contribution in [2.24, 2.45) is 0 Å². The molecule has 2 nitrogen and oxygen atoms in total. The van der Waals surface area contributed by atoms with Gasteiger partial charge in [-0.1, -0.05) is 0 Å². The van der Waals surface area contributed by atoms with E-state index in [0.29, 0.717) is 0 Å². The minimum absolute atomic E-state index is 4.66. The van der Waals surface area contributed by atoms with E-state index in [2.05, 4.69) is 0 Å². The normalized spacial score (nSPS) is 28.5. The van der Waals surface area contributed by atoms with Crippen LogP contribution in [0.25, 0.3) is 0 Å². The first-order valence-corrected chi connectivity index (χ1v) is 5.84. The van der Waals surface area contributed by atoms with Gasteiger partial charge in [-0.3, -0.25) is 4.79 Å². The topological polar surface area (TPSA) is 20.3 Å². The average molecular weight is 461 g/mol. The lowest BCUT2D eigenvalue weighted by Crippen LogP contribution is -2.88. The molecule has 1 fully saturated rings. The molecule has 1 aliphatic rings. The van der Waals surface area contributed by atoms with Crippen LogP contribution in [0.3, 0.4) is 0 Å². The standard InChI is InChI=1S/C9F17NO/c10-1(28)2(11,12)6(19,7(20,21)22)27-8(23,24)4(15,16)3(13,14)5(17,18)9(27,25)26. The van der Waals surface area contributed by atoms with E-state index >= 15 is 0 Å². The van der Waals surface area contributed by atoms with Crippen molar-refractivity contribution in [2.75, 3.05) is 0 Å². The molecule has 0 aromatic rings. The van der Waals surface area contributed by atoms with E-state index in [1.165, 1.54) is 0 Å². The lowest BCUT2D eigenvalue weighted by Gasteiger charge is -2.55. The van der Waals surface area contributed by atoms with Gasteiger partial charge in [-0.25, -0.2) is 4.39 Å². The summed E-state index contributed by atoms with van der Waals surface area (Å²) in [4.78, 5) is 5.21. The lowest BCUT2D eigenvalue weighted by atomic mass is 9.89. The Balaban J connectivity index is 4.16. The molecule has 0 aromatic carbocycles. The van der Waals surface area contributed by atoms with Crippen molar-refractivity contribution in [1.29, 1.82) is 0 Å². The molecule has 0 aliphatic carbocycles. The number of piperidine rings is 1. The summed E-state index contributed by atoms with van der Waals surface area (Å²) in [7, 11) is 0. The fraction of sp³-hybridized carbons (Fsp3) is 0.889. The average Bonchev–Trinajstić information content (AvgIpc) is 2.43. The van der Waals surface area contributed by atoms with Crippen molar-refractivity contribution in [2.45, 2.75) is 47.8 Å². The van der Waals surface area contributed by atoms with Crippen molar-refractivity contribution in [3.8, 4) is 0 Å². The van der Waals surface area contributed by atoms with Crippen LogP contribution in [0.5, 0.6) is 0 Å². The number of hydrogen-bond acceptors (Lipinski definition) is 2. The zero-order valence-corrected chi connectivity index (χ0v) is 11.8. The molecule has 28 heavy (non-hydrogen) atoms. The quantitative estimate of drug-likeness (QED) is 0.344. The van der Waals surface area contributed by atoms with Crippen LogP contribution in [0.2, 0.25) is 0 Å². The fourth-order valence-electron chi connectivity index (χ4n) is 1.99. The molecule has 0 radical (unpaired) electrons. The fourth-order valence-corrected chi connectivity index (χ4v) is 1.99. The summed E-state index contributed by atoms with van der Waals surface area (Å²) in [5, 5.41) is 0. The zero-order valence-electron chi connectivity index (χ0n) is 11.8. The summed E-state index contributed by atoms with van der Waals surface area (Å²) >= 11 is 0. The van der Waals surface area contributed by atoms with E-state index in [9.17, 15) is 79.4 Å². The SMILES string of the molecule is O=C(F)C(F)(F)C(F)(N1C(F)(F)C(F)(F)C(F)(F)C(F)(F)C1(F)F)C(F)(F)F. The second-order valence-electron chi connectivity index (χ2n) is 5.11. The van der Waals surface area contributed by atoms with Gasteiger partial charge in [0.25, 0.3) is 0 Å². The third-order valence-electron chi connectivity index (χ3n) is 3.45. The molecule has 0 N–H and O–H groups in total. The molecule has 19 heteroatoms. The summed E-state index contributed by atoms with van der Waals surface area (Å²) in [6.45, 7) is 0. The minimum atomic E-state index is -8.35. The van der Waals surface area contributed by atoms with Gasteiger partial charge in [-0.05, 0) is 0 Å². The first-order valence-electron chi connectivity index (χ1n) is 5.84. The highest BCUT2D eigenvalue weighted by Gasteiger charge is 3.00. The molecule has 0 aromatic heterocycles. The summed E-state index contributed by atoms with van der Waals surface area (Å²) in [6.07, 6.45) is -8.12. The van der Waals surface area contributed by atoms with Crippen LogP contribution in [-0.2, 0) is 4.79 Å². The molecule has 1 saturated heterocycles. The van der Waals surface area contributed by atoms with Crippen molar-refractivity contribution < 1.29 is 79.4 Å². The smallest absolute Gasteiger partial charge is 0.254 e. The third kappa shape index (κ3) is 2.30. The van der Waals surface area contributed by atoms with Crippen LogP contribution in [0, 0.1) is 0 Å². The second-order valence-corrected chi connectivity index (χ2v) is 5.11. The molecule has 1 aliphatic heterocycles. The number of nitrogens with zero attached hydrogens (tertiary/aromatic N) is 1. The highest BCUT2D eigenvalue weighted by atomic mass is 19.4. The zero-order chi connectivity index (χ0) is 23.2. The molecule has 0 saturated carbocycles. The van der Waals surface area contributed by atoms with Crippen molar-refractivity contribution >= 4 is 6.04 Å². The highest BCUT2D eigenvalue weighted by Crippen LogP contribution is 2.68. The van der Waals surface area contributed by atoms with Crippen molar-refractivity contribution in [3.63, 3.8) is 0 Å². The maximum atomic E-state index is 13.9. The van der Waals surface area contributed by atoms with E-state index in [1.54, 1.807) is 0 Å². The largest absolute Gasteiger partial charge is 0.443 e. The lowest BCUT2D eigenvalue weighted by molar-refractivity contribution is -0.549. The van der Waals surface area contributed by atoms with E-state index in [0.717, 1.165) is 0 Å². The predicted molar refractivity (Wildman–Crippen MR) is 47.5 cm³/mol. The van der Waals surface area contributed by atoms with Crippen LogP contribution in [0.4, 0.5) is 74.6 Å². The molecule has 0 bridgehead atoms. The number of carbonyl (C=O) groups is 1. The van der Waals surface area contributed by atoms with E-state index in [-0.39, 0.29) is 0 Å². The van der Waals surface area contributed by atoms with Gasteiger partial charge in [-0.2, -0.15) is 70.2 Å². The first kappa shape index (κ1) is 24.5. The Hall–Kier alpha value is -1.56. The highest BCUT2D eigenvalue weighted by molar-refractivity contribution is 5.78.